The Labute approximate surface area is 218 Å². The molecule has 1 atom stereocenters. The minimum atomic E-state index is -0.695. The number of nitrogens with zero attached hydrogens (tertiary/aromatic N) is 5. The molecule has 0 radical (unpaired) electrons. The molecule has 198 valence electrons. The summed E-state index contributed by atoms with van der Waals surface area (Å²) in [5.41, 5.74) is 2.15. The van der Waals surface area contributed by atoms with Crippen molar-refractivity contribution in [3.8, 4) is 11.3 Å². The van der Waals surface area contributed by atoms with E-state index >= 15 is 4.39 Å². The summed E-state index contributed by atoms with van der Waals surface area (Å²) >= 11 is 0. The van der Waals surface area contributed by atoms with Gasteiger partial charge in [0.1, 0.15) is 22.9 Å². The molecule has 0 saturated heterocycles. The highest BCUT2D eigenvalue weighted by atomic mass is 19.1. The third-order valence-electron chi connectivity index (χ3n) is 6.41. The molecule has 6 bridgehead atoms. The zero-order chi connectivity index (χ0) is 26.8. The number of benzene rings is 1. The predicted molar refractivity (Wildman–Crippen MR) is 141 cm³/mol. The minimum absolute atomic E-state index is 0.0628. The number of hydrogen-bond acceptors (Lipinski definition) is 8. The smallest absolute Gasteiger partial charge is 0.229 e. The fourth-order valence-corrected chi connectivity index (χ4v) is 4.65. The molecule has 38 heavy (non-hydrogen) atoms. The van der Waals surface area contributed by atoms with Crippen LogP contribution in [-0.4, -0.2) is 50.0 Å². The van der Waals surface area contributed by atoms with E-state index in [1.165, 1.54) is 6.07 Å². The fraction of sp³-hybridized carbons (Fsp3) is 0.346. The second kappa shape index (κ2) is 10.8. The minimum Gasteiger partial charge on any atom is -0.326 e. The quantitative estimate of drug-likeness (QED) is 0.283. The number of carbonyl (C=O) groups excluding carboxylic acids is 1. The third kappa shape index (κ3) is 5.18. The molecule has 0 saturated carbocycles. The molecule has 3 aromatic heterocycles. The monoisotopic (exact) mass is 521 g/mol. The lowest BCUT2D eigenvalue weighted by Crippen LogP contribution is -2.27. The number of carbonyl (C=O) groups is 1. The standard InChI is InChI=1S/C26H29F2N9O/c1-4-29-5-6-30-11-17-12-31-22-10-20(17)34-23(38)7-14(2)37-15(3)33-25-18(27)8-16(9-21(25)37)24-19(28)13-32-26(35-22)36-24/h8-10,12-14,29-30H,4-7,11H2,1-3H3,(H,34,38)(H,31,32,35,36)/t14-/m1/s1. The first-order valence-corrected chi connectivity index (χ1v) is 12.5. The van der Waals surface area contributed by atoms with Crippen molar-refractivity contribution in [3.63, 3.8) is 0 Å². The van der Waals surface area contributed by atoms with Crippen LogP contribution in [0.4, 0.5) is 26.2 Å². The Morgan fingerprint density at radius 3 is 2.68 bits per heavy atom. The summed E-state index contributed by atoms with van der Waals surface area (Å²) in [6.45, 7) is 8.59. The Hall–Kier alpha value is -4.03. The summed E-state index contributed by atoms with van der Waals surface area (Å²) < 4.78 is 31.8. The number of nitrogens with one attached hydrogen (secondary N) is 4. The van der Waals surface area contributed by atoms with Gasteiger partial charge in [-0.1, -0.05) is 6.92 Å². The van der Waals surface area contributed by atoms with Crippen LogP contribution in [0, 0.1) is 18.6 Å². The van der Waals surface area contributed by atoms with E-state index in [0.717, 1.165) is 31.4 Å². The molecule has 1 amide bonds. The zero-order valence-electron chi connectivity index (χ0n) is 21.4. The van der Waals surface area contributed by atoms with E-state index in [1.807, 2.05) is 13.8 Å². The molecular formula is C26H29F2N9O. The highest BCUT2D eigenvalue weighted by molar-refractivity contribution is 5.92. The number of halogens is 2. The van der Waals surface area contributed by atoms with Crippen LogP contribution in [0.2, 0.25) is 0 Å². The van der Waals surface area contributed by atoms with Gasteiger partial charge in [0.15, 0.2) is 11.6 Å². The van der Waals surface area contributed by atoms with E-state index in [9.17, 15) is 9.18 Å². The van der Waals surface area contributed by atoms with Crippen molar-refractivity contribution in [2.24, 2.45) is 0 Å². The van der Waals surface area contributed by atoms with Crippen LogP contribution in [0.15, 0.2) is 30.6 Å². The second-order valence-corrected chi connectivity index (χ2v) is 9.23. The Morgan fingerprint density at radius 2 is 1.87 bits per heavy atom. The normalized spacial score (nSPS) is 15.2. The number of pyridine rings is 1. The summed E-state index contributed by atoms with van der Waals surface area (Å²) in [4.78, 5) is 30.3. The third-order valence-corrected chi connectivity index (χ3v) is 6.41. The summed E-state index contributed by atoms with van der Waals surface area (Å²) in [6.07, 6.45) is 2.80. The van der Waals surface area contributed by atoms with Crippen molar-refractivity contribution in [2.75, 3.05) is 30.3 Å². The molecule has 1 aromatic carbocycles. The van der Waals surface area contributed by atoms with Crippen LogP contribution in [0.1, 0.15) is 37.7 Å². The Kier molecular flexibility index (Phi) is 7.25. The van der Waals surface area contributed by atoms with Crippen molar-refractivity contribution >= 4 is 34.4 Å². The largest absolute Gasteiger partial charge is 0.326 e. The van der Waals surface area contributed by atoms with Gasteiger partial charge in [-0.3, -0.25) is 4.79 Å². The molecule has 4 N–H and O–H groups in total. The molecule has 4 heterocycles. The molecule has 0 spiro atoms. The van der Waals surface area contributed by atoms with Gasteiger partial charge < -0.3 is 25.8 Å². The van der Waals surface area contributed by atoms with Crippen LogP contribution in [0.3, 0.4) is 0 Å². The summed E-state index contributed by atoms with van der Waals surface area (Å²) in [5.74, 6) is -0.533. The van der Waals surface area contributed by atoms with Gasteiger partial charge in [-0.15, -0.1) is 0 Å². The van der Waals surface area contributed by atoms with Gasteiger partial charge in [0.2, 0.25) is 11.9 Å². The second-order valence-electron chi connectivity index (χ2n) is 9.23. The van der Waals surface area contributed by atoms with Crippen LogP contribution < -0.4 is 21.3 Å². The highest BCUT2D eigenvalue weighted by Gasteiger charge is 2.22. The number of anilines is 3. The summed E-state index contributed by atoms with van der Waals surface area (Å²) in [6, 6.07) is 4.18. The average Bonchev–Trinajstić information content (AvgIpc) is 3.22. The topological polar surface area (TPSA) is 122 Å². The maximum Gasteiger partial charge on any atom is 0.229 e. The number of amides is 1. The van der Waals surface area contributed by atoms with Crippen LogP contribution >= 0.6 is 0 Å². The van der Waals surface area contributed by atoms with Gasteiger partial charge in [0, 0.05) is 55.5 Å². The van der Waals surface area contributed by atoms with E-state index in [0.29, 0.717) is 29.4 Å². The highest BCUT2D eigenvalue weighted by Crippen LogP contribution is 2.32. The summed E-state index contributed by atoms with van der Waals surface area (Å²) in [5, 5.41) is 12.6. The number of likely N-dealkylation sites (N-methyl/N-ethyl adjacent to an activating group) is 1. The number of rotatable bonds is 6. The van der Waals surface area contributed by atoms with Crippen molar-refractivity contribution in [3.05, 3.63) is 53.6 Å². The Bertz CT molecular complexity index is 1500. The Morgan fingerprint density at radius 1 is 1.05 bits per heavy atom. The maximum atomic E-state index is 15.1. The number of aromatic nitrogens is 5. The molecule has 1 aliphatic rings. The van der Waals surface area contributed by atoms with E-state index in [1.54, 1.807) is 29.8 Å². The first-order chi connectivity index (χ1) is 18.3. The lowest BCUT2D eigenvalue weighted by Gasteiger charge is -2.18. The first-order valence-electron chi connectivity index (χ1n) is 12.5. The molecule has 1 aliphatic heterocycles. The molecule has 10 nitrogen and oxygen atoms in total. The number of aryl methyl sites for hydroxylation is 1. The average molecular weight is 522 g/mol. The molecule has 0 aliphatic carbocycles. The van der Waals surface area contributed by atoms with Crippen molar-refractivity contribution in [1.29, 1.82) is 0 Å². The number of hydrogen-bond donors (Lipinski definition) is 4. The van der Waals surface area contributed by atoms with Gasteiger partial charge in [-0.05, 0) is 32.5 Å². The van der Waals surface area contributed by atoms with Crippen LogP contribution in [0.5, 0.6) is 0 Å². The lowest BCUT2D eigenvalue weighted by molar-refractivity contribution is -0.116. The van der Waals surface area contributed by atoms with E-state index < -0.39 is 11.6 Å². The molecule has 0 unspecified atom stereocenters. The van der Waals surface area contributed by atoms with E-state index in [2.05, 4.69) is 41.2 Å². The predicted octanol–water partition coefficient (Wildman–Crippen LogP) is 3.82. The number of imidazole rings is 1. The lowest BCUT2D eigenvalue weighted by atomic mass is 10.1. The molecule has 12 heteroatoms. The van der Waals surface area contributed by atoms with Gasteiger partial charge in [0.05, 0.1) is 17.4 Å². The Balaban J connectivity index is 1.58. The van der Waals surface area contributed by atoms with Gasteiger partial charge in [-0.2, -0.15) is 0 Å². The molecular weight excluding hydrogens is 492 g/mol. The molecule has 0 fully saturated rings. The molecule has 5 rings (SSSR count). The van der Waals surface area contributed by atoms with Crippen LogP contribution in [-0.2, 0) is 11.3 Å². The van der Waals surface area contributed by atoms with Crippen LogP contribution in [0.25, 0.3) is 22.3 Å². The number of fused-ring (bicyclic) bond motifs is 6. The van der Waals surface area contributed by atoms with Gasteiger partial charge in [0.25, 0.3) is 0 Å². The van der Waals surface area contributed by atoms with Crippen molar-refractivity contribution in [1.82, 2.24) is 35.1 Å². The fourth-order valence-electron chi connectivity index (χ4n) is 4.65. The summed E-state index contributed by atoms with van der Waals surface area (Å²) in [7, 11) is 0. The zero-order valence-corrected chi connectivity index (χ0v) is 21.4. The van der Waals surface area contributed by atoms with E-state index in [4.69, 9.17) is 0 Å². The molecule has 4 aromatic rings. The first kappa shape index (κ1) is 25.6. The van der Waals surface area contributed by atoms with E-state index in [-0.39, 0.29) is 41.1 Å². The van der Waals surface area contributed by atoms with Gasteiger partial charge >= 0.3 is 0 Å². The van der Waals surface area contributed by atoms with Crippen molar-refractivity contribution < 1.29 is 13.6 Å². The maximum absolute atomic E-state index is 15.1. The van der Waals surface area contributed by atoms with Gasteiger partial charge in [-0.25, -0.2) is 28.7 Å². The SMILES string of the molecule is CCNCCNCc1cnc2cc1NC(=O)C[C@@H](C)n1c(C)nc3c(F)cc(cc31)-c1nc(ncc1F)N2. The van der Waals surface area contributed by atoms with Crippen molar-refractivity contribution in [2.45, 2.75) is 39.8 Å².